The molecule has 21 heavy (non-hydrogen) atoms. The molecule has 0 bridgehead atoms. The van der Waals surface area contributed by atoms with Crippen molar-refractivity contribution in [3.05, 3.63) is 24.3 Å². The van der Waals surface area contributed by atoms with Gasteiger partial charge in [0, 0.05) is 25.3 Å². The van der Waals surface area contributed by atoms with Crippen molar-refractivity contribution in [2.75, 3.05) is 24.5 Å². The largest absolute Gasteiger partial charge is 0.481 e. The summed E-state index contributed by atoms with van der Waals surface area (Å²) in [6, 6.07) is 6.57. The third-order valence-electron chi connectivity index (χ3n) is 3.59. The van der Waals surface area contributed by atoms with Gasteiger partial charge in [0.2, 0.25) is 10.0 Å². The van der Waals surface area contributed by atoms with Gasteiger partial charge in [-0.1, -0.05) is 6.92 Å². The van der Waals surface area contributed by atoms with Crippen molar-refractivity contribution in [2.45, 2.75) is 24.7 Å². The lowest BCUT2D eigenvalue weighted by atomic mass is 10.1. The van der Waals surface area contributed by atoms with E-state index in [1.807, 2.05) is 11.8 Å². The van der Waals surface area contributed by atoms with Crippen LogP contribution in [0.2, 0.25) is 0 Å². The van der Waals surface area contributed by atoms with Crippen LogP contribution in [0.1, 0.15) is 19.8 Å². The van der Waals surface area contributed by atoms with Gasteiger partial charge in [0.15, 0.2) is 0 Å². The molecule has 0 amide bonds. The zero-order valence-corrected chi connectivity index (χ0v) is 12.8. The van der Waals surface area contributed by atoms with Crippen LogP contribution in [0.25, 0.3) is 0 Å². The van der Waals surface area contributed by atoms with E-state index >= 15 is 0 Å². The fourth-order valence-electron chi connectivity index (χ4n) is 2.35. The van der Waals surface area contributed by atoms with Gasteiger partial charge >= 0.3 is 5.97 Å². The molecule has 0 saturated carbocycles. The van der Waals surface area contributed by atoms with E-state index in [0.717, 1.165) is 12.1 Å². The molecule has 1 atom stereocenters. The molecule has 1 aliphatic heterocycles. The molecule has 0 radical (unpaired) electrons. The Morgan fingerprint density at radius 2 is 2.05 bits per heavy atom. The molecule has 0 aromatic heterocycles. The average molecular weight is 312 g/mol. The quantitative estimate of drug-likeness (QED) is 0.826. The van der Waals surface area contributed by atoms with Crippen molar-refractivity contribution in [1.82, 2.24) is 4.72 Å². The van der Waals surface area contributed by atoms with Crippen molar-refractivity contribution in [1.29, 1.82) is 0 Å². The second-order valence-electron chi connectivity index (χ2n) is 5.16. The molecule has 1 saturated heterocycles. The molecular weight excluding hydrogens is 292 g/mol. The van der Waals surface area contributed by atoms with Gasteiger partial charge in [-0.15, -0.1) is 0 Å². The van der Waals surface area contributed by atoms with Crippen LogP contribution >= 0.6 is 0 Å². The lowest BCUT2D eigenvalue weighted by Crippen LogP contribution is -2.25. The Kier molecular flexibility index (Phi) is 4.84. The van der Waals surface area contributed by atoms with Crippen LogP contribution < -0.4 is 9.62 Å². The average Bonchev–Trinajstić information content (AvgIpc) is 2.95. The monoisotopic (exact) mass is 312 g/mol. The van der Waals surface area contributed by atoms with Crippen LogP contribution in [0.4, 0.5) is 5.69 Å². The zero-order chi connectivity index (χ0) is 15.5. The van der Waals surface area contributed by atoms with Crippen molar-refractivity contribution < 1.29 is 18.3 Å². The number of nitrogens with one attached hydrogen (secondary N) is 1. The summed E-state index contributed by atoms with van der Waals surface area (Å²) in [5.74, 6) is -1.12. The SMILES string of the molecule is CCCNS(=O)(=O)c1ccc(N2CCC(C(=O)O)C2)cc1. The van der Waals surface area contributed by atoms with Crippen molar-refractivity contribution in [3.63, 3.8) is 0 Å². The molecule has 0 aliphatic carbocycles. The first-order chi connectivity index (χ1) is 9.94. The Bertz CT molecular complexity index is 598. The van der Waals surface area contributed by atoms with E-state index in [1.165, 1.54) is 0 Å². The summed E-state index contributed by atoms with van der Waals surface area (Å²) in [5.41, 5.74) is 0.855. The molecule has 2 rings (SSSR count). The minimum Gasteiger partial charge on any atom is -0.481 e. The number of hydrogen-bond donors (Lipinski definition) is 2. The van der Waals surface area contributed by atoms with Crippen LogP contribution in [-0.2, 0) is 14.8 Å². The highest BCUT2D eigenvalue weighted by molar-refractivity contribution is 7.89. The highest BCUT2D eigenvalue weighted by Gasteiger charge is 2.28. The number of carboxylic acids is 1. The number of anilines is 1. The molecule has 1 aliphatic rings. The number of nitrogens with zero attached hydrogens (tertiary/aromatic N) is 1. The number of carboxylic acid groups (broad SMARTS) is 1. The van der Waals surface area contributed by atoms with E-state index in [9.17, 15) is 13.2 Å². The summed E-state index contributed by atoms with van der Waals surface area (Å²) in [6.45, 7) is 3.46. The van der Waals surface area contributed by atoms with Crippen molar-refractivity contribution in [2.24, 2.45) is 5.92 Å². The van der Waals surface area contributed by atoms with E-state index in [1.54, 1.807) is 24.3 Å². The molecule has 1 aromatic rings. The lowest BCUT2D eigenvalue weighted by molar-refractivity contribution is -0.140. The Labute approximate surface area is 124 Å². The Morgan fingerprint density at radius 3 is 2.57 bits per heavy atom. The molecule has 116 valence electrons. The highest BCUT2D eigenvalue weighted by atomic mass is 32.2. The number of rotatable bonds is 6. The summed E-state index contributed by atoms with van der Waals surface area (Å²) < 4.78 is 26.4. The molecule has 0 spiro atoms. The normalized spacial score (nSPS) is 18.9. The van der Waals surface area contributed by atoms with E-state index in [-0.39, 0.29) is 10.8 Å². The maximum Gasteiger partial charge on any atom is 0.308 e. The van der Waals surface area contributed by atoms with Crippen LogP contribution in [0.15, 0.2) is 29.2 Å². The minimum absolute atomic E-state index is 0.230. The number of sulfonamides is 1. The van der Waals surface area contributed by atoms with Gasteiger partial charge in [-0.3, -0.25) is 4.79 Å². The Balaban J connectivity index is 2.08. The van der Waals surface area contributed by atoms with Gasteiger partial charge in [-0.05, 0) is 37.1 Å². The number of aliphatic carboxylic acids is 1. The standard InChI is InChI=1S/C14H20N2O4S/c1-2-8-15-21(19,20)13-5-3-12(4-6-13)16-9-7-11(10-16)14(17)18/h3-6,11,15H,2,7-10H2,1H3,(H,17,18). The van der Waals surface area contributed by atoms with Gasteiger partial charge in [-0.2, -0.15) is 0 Å². The van der Waals surface area contributed by atoms with E-state index in [0.29, 0.717) is 26.1 Å². The molecule has 6 nitrogen and oxygen atoms in total. The summed E-state index contributed by atoms with van der Waals surface area (Å²) in [7, 11) is -3.45. The molecule has 1 aromatic carbocycles. The maximum atomic E-state index is 12.0. The maximum absolute atomic E-state index is 12.0. The first kappa shape index (κ1) is 15.8. The zero-order valence-electron chi connectivity index (χ0n) is 11.9. The fourth-order valence-corrected chi connectivity index (χ4v) is 3.49. The lowest BCUT2D eigenvalue weighted by Gasteiger charge is -2.18. The van der Waals surface area contributed by atoms with Crippen LogP contribution in [0.3, 0.4) is 0 Å². The predicted octanol–water partition coefficient (Wildman–Crippen LogP) is 1.29. The van der Waals surface area contributed by atoms with Crippen LogP contribution in [0, 0.1) is 5.92 Å². The fraction of sp³-hybridized carbons (Fsp3) is 0.500. The Hall–Kier alpha value is -1.60. The number of benzene rings is 1. The third kappa shape index (κ3) is 3.74. The van der Waals surface area contributed by atoms with Gasteiger partial charge in [0.25, 0.3) is 0 Å². The van der Waals surface area contributed by atoms with E-state index in [2.05, 4.69) is 4.72 Å². The molecule has 1 fully saturated rings. The molecule has 1 unspecified atom stereocenters. The second kappa shape index (κ2) is 6.44. The van der Waals surface area contributed by atoms with Gasteiger partial charge in [-0.25, -0.2) is 13.1 Å². The third-order valence-corrected chi connectivity index (χ3v) is 5.07. The number of carbonyl (C=O) groups is 1. The smallest absolute Gasteiger partial charge is 0.308 e. The van der Waals surface area contributed by atoms with Crippen molar-refractivity contribution in [3.8, 4) is 0 Å². The van der Waals surface area contributed by atoms with E-state index < -0.39 is 16.0 Å². The van der Waals surface area contributed by atoms with Crippen LogP contribution in [0.5, 0.6) is 0 Å². The Morgan fingerprint density at radius 1 is 1.38 bits per heavy atom. The second-order valence-corrected chi connectivity index (χ2v) is 6.93. The van der Waals surface area contributed by atoms with Gasteiger partial charge in [0.1, 0.15) is 0 Å². The summed E-state index contributed by atoms with van der Waals surface area (Å²) in [5, 5.41) is 9.00. The molecule has 7 heteroatoms. The predicted molar refractivity (Wildman–Crippen MR) is 79.9 cm³/mol. The molecular formula is C14H20N2O4S. The van der Waals surface area contributed by atoms with Crippen molar-refractivity contribution >= 4 is 21.7 Å². The topological polar surface area (TPSA) is 86.7 Å². The summed E-state index contributed by atoms with van der Waals surface area (Å²) in [6.07, 6.45) is 1.36. The van der Waals surface area contributed by atoms with Crippen LogP contribution in [-0.4, -0.2) is 39.1 Å². The minimum atomic E-state index is -3.45. The van der Waals surface area contributed by atoms with E-state index in [4.69, 9.17) is 5.11 Å². The van der Waals surface area contributed by atoms with Gasteiger partial charge < -0.3 is 10.0 Å². The molecule has 1 heterocycles. The highest BCUT2D eigenvalue weighted by Crippen LogP contribution is 2.25. The first-order valence-corrected chi connectivity index (χ1v) is 8.50. The number of hydrogen-bond acceptors (Lipinski definition) is 4. The van der Waals surface area contributed by atoms with Gasteiger partial charge in [0.05, 0.1) is 10.8 Å². The summed E-state index contributed by atoms with van der Waals surface area (Å²) >= 11 is 0. The first-order valence-electron chi connectivity index (χ1n) is 7.01. The molecule has 2 N–H and O–H groups in total. The summed E-state index contributed by atoms with van der Waals surface area (Å²) in [4.78, 5) is 13.1.